The fourth-order valence-electron chi connectivity index (χ4n) is 3.64. The molecule has 0 atom stereocenters. The summed E-state index contributed by atoms with van der Waals surface area (Å²) in [6.45, 7) is 11.8. The van der Waals surface area contributed by atoms with Crippen molar-refractivity contribution >= 4 is 23.2 Å². The van der Waals surface area contributed by atoms with Crippen LogP contribution in [0.3, 0.4) is 0 Å². The van der Waals surface area contributed by atoms with Gasteiger partial charge in [0.2, 0.25) is 0 Å². The molecule has 8 nitrogen and oxygen atoms in total. The summed E-state index contributed by atoms with van der Waals surface area (Å²) in [7, 11) is 0. The maximum absolute atomic E-state index is 13.2. The van der Waals surface area contributed by atoms with E-state index >= 15 is 0 Å². The SMILES string of the molecule is CC(C)(C)OC(=O)N1CCC(n2c(=O)n(C(=O)OC(C)(C)C)c3ccccc32)CC1. The number of fused-ring (bicyclic) bond motifs is 1. The first kappa shape index (κ1) is 21.9. The Kier molecular flexibility index (Phi) is 5.71. The number of hydrogen-bond donors (Lipinski definition) is 0. The summed E-state index contributed by atoms with van der Waals surface area (Å²) in [5, 5.41) is 0. The molecule has 1 aliphatic heterocycles. The lowest BCUT2D eigenvalue weighted by Gasteiger charge is -2.33. The van der Waals surface area contributed by atoms with Crippen LogP contribution < -0.4 is 5.69 Å². The number of piperidine rings is 1. The first-order valence-electron chi connectivity index (χ1n) is 10.3. The van der Waals surface area contributed by atoms with Gasteiger partial charge in [-0.2, -0.15) is 4.57 Å². The van der Waals surface area contributed by atoms with Crippen molar-refractivity contribution in [2.45, 2.75) is 71.6 Å². The second-order valence-electron chi connectivity index (χ2n) is 9.66. The Labute approximate surface area is 176 Å². The maximum Gasteiger partial charge on any atom is 0.423 e. The van der Waals surface area contributed by atoms with Crippen LogP contribution in [0.4, 0.5) is 9.59 Å². The molecule has 1 amide bonds. The second kappa shape index (κ2) is 7.81. The molecule has 1 saturated heterocycles. The van der Waals surface area contributed by atoms with Crippen LogP contribution in [0.1, 0.15) is 60.4 Å². The average molecular weight is 418 g/mol. The number of benzene rings is 1. The normalized spacial score (nSPS) is 16.0. The van der Waals surface area contributed by atoms with Crippen LogP contribution in [-0.2, 0) is 9.47 Å². The van der Waals surface area contributed by atoms with Gasteiger partial charge in [0.25, 0.3) is 0 Å². The van der Waals surface area contributed by atoms with E-state index < -0.39 is 23.0 Å². The molecule has 1 aliphatic rings. The van der Waals surface area contributed by atoms with Crippen LogP contribution in [-0.4, -0.2) is 50.5 Å². The van der Waals surface area contributed by atoms with Crippen LogP contribution in [0.2, 0.25) is 0 Å². The van der Waals surface area contributed by atoms with E-state index in [2.05, 4.69) is 0 Å². The molecule has 0 N–H and O–H groups in total. The highest BCUT2D eigenvalue weighted by atomic mass is 16.6. The van der Waals surface area contributed by atoms with E-state index in [1.807, 2.05) is 32.9 Å². The van der Waals surface area contributed by atoms with Crippen LogP contribution >= 0.6 is 0 Å². The molecule has 0 spiro atoms. The summed E-state index contributed by atoms with van der Waals surface area (Å²) < 4.78 is 13.7. The molecule has 0 radical (unpaired) electrons. The number of hydrogen-bond acceptors (Lipinski definition) is 5. The Morgan fingerprint density at radius 2 is 1.37 bits per heavy atom. The molecule has 0 saturated carbocycles. The Morgan fingerprint density at radius 3 is 1.90 bits per heavy atom. The number of para-hydroxylation sites is 2. The van der Waals surface area contributed by atoms with Crippen LogP contribution in [0.15, 0.2) is 29.1 Å². The quantitative estimate of drug-likeness (QED) is 0.696. The summed E-state index contributed by atoms with van der Waals surface area (Å²) in [5.41, 5.74) is -0.471. The van der Waals surface area contributed by atoms with Crippen LogP contribution in [0.5, 0.6) is 0 Å². The second-order valence-corrected chi connectivity index (χ2v) is 9.66. The van der Waals surface area contributed by atoms with E-state index in [0.29, 0.717) is 37.0 Å². The highest BCUT2D eigenvalue weighted by Crippen LogP contribution is 2.27. The minimum Gasteiger partial charge on any atom is -0.444 e. The van der Waals surface area contributed by atoms with Crippen molar-refractivity contribution in [3.05, 3.63) is 34.7 Å². The van der Waals surface area contributed by atoms with Gasteiger partial charge in [-0.05, 0) is 66.5 Å². The fourth-order valence-corrected chi connectivity index (χ4v) is 3.64. The zero-order valence-electron chi connectivity index (χ0n) is 18.6. The van der Waals surface area contributed by atoms with Crippen molar-refractivity contribution in [3.8, 4) is 0 Å². The monoisotopic (exact) mass is 417 g/mol. The summed E-state index contributed by atoms with van der Waals surface area (Å²) in [6.07, 6.45) is 0.168. The molecule has 0 aliphatic carbocycles. The van der Waals surface area contributed by atoms with Gasteiger partial charge in [-0.25, -0.2) is 14.4 Å². The third-order valence-electron chi connectivity index (χ3n) is 4.84. The zero-order chi connectivity index (χ0) is 22.3. The van der Waals surface area contributed by atoms with E-state index in [0.717, 1.165) is 4.57 Å². The molecule has 0 bridgehead atoms. The first-order valence-corrected chi connectivity index (χ1v) is 10.3. The molecule has 3 rings (SSSR count). The van der Waals surface area contributed by atoms with Crippen molar-refractivity contribution in [1.82, 2.24) is 14.0 Å². The third kappa shape index (κ3) is 4.68. The van der Waals surface area contributed by atoms with Crippen molar-refractivity contribution in [2.75, 3.05) is 13.1 Å². The Bertz CT molecular complexity index is 998. The van der Waals surface area contributed by atoms with Gasteiger partial charge >= 0.3 is 17.9 Å². The van der Waals surface area contributed by atoms with Gasteiger partial charge in [0.15, 0.2) is 0 Å². The lowest BCUT2D eigenvalue weighted by Crippen LogP contribution is -2.43. The maximum atomic E-state index is 13.2. The molecule has 1 aromatic carbocycles. The molecule has 0 unspecified atom stereocenters. The number of carbonyl (C=O) groups is 2. The van der Waals surface area contributed by atoms with Gasteiger partial charge in [0.1, 0.15) is 11.2 Å². The number of rotatable bonds is 1. The zero-order valence-corrected chi connectivity index (χ0v) is 18.6. The van der Waals surface area contributed by atoms with Gasteiger partial charge in [0, 0.05) is 19.1 Å². The Balaban J connectivity index is 1.88. The van der Waals surface area contributed by atoms with Gasteiger partial charge < -0.3 is 14.4 Å². The highest BCUT2D eigenvalue weighted by molar-refractivity contribution is 5.87. The Morgan fingerprint density at radius 1 is 0.867 bits per heavy atom. The number of ether oxygens (including phenoxy) is 2. The van der Waals surface area contributed by atoms with E-state index in [1.165, 1.54) is 0 Å². The molecular weight excluding hydrogens is 386 g/mol. The van der Waals surface area contributed by atoms with Gasteiger partial charge in [-0.3, -0.25) is 4.57 Å². The Hall–Kier alpha value is -2.77. The number of nitrogens with zero attached hydrogens (tertiary/aromatic N) is 3. The average Bonchev–Trinajstić information content (AvgIpc) is 2.91. The molecule has 1 aromatic heterocycles. The van der Waals surface area contributed by atoms with Crippen molar-refractivity contribution in [1.29, 1.82) is 0 Å². The minimum atomic E-state index is -0.710. The molecule has 2 heterocycles. The standard InChI is InChI=1S/C22H31N3O5/c1-21(2,3)29-19(27)23-13-11-15(12-14-23)24-16-9-7-8-10-17(16)25(18(24)26)20(28)30-22(4,5)6/h7-10,15H,11-14H2,1-6H3. The third-order valence-corrected chi connectivity index (χ3v) is 4.84. The predicted octanol–water partition coefficient (Wildman–Crippen LogP) is 4.16. The summed E-state index contributed by atoms with van der Waals surface area (Å²) in [4.78, 5) is 40.0. The lowest BCUT2D eigenvalue weighted by molar-refractivity contribution is 0.0189. The van der Waals surface area contributed by atoms with Gasteiger partial charge in [0.05, 0.1) is 11.0 Å². The first-order chi connectivity index (χ1) is 13.9. The van der Waals surface area contributed by atoms with Crippen LogP contribution in [0.25, 0.3) is 11.0 Å². The molecule has 30 heavy (non-hydrogen) atoms. The molecule has 8 heteroatoms. The highest BCUT2D eigenvalue weighted by Gasteiger charge is 2.31. The summed E-state index contributed by atoms with van der Waals surface area (Å²) in [6, 6.07) is 7.08. The fraction of sp³-hybridized carbons (Fsp3) is 0.591. The number of likely N-dealkylation sites (tertiary alicyclic amines) is 1. The van der Waals surface area contributed by atoms with E-state index in [1.54, 1.807) is 42.4 Å². The molecule has 2 aromatic rings. The summed E-state index contributed by atoms with van der Waals surface area (Å²) >= 11 is 0. The number of imidazole rings is 1. The number of aromatic nitrogens is 2. The van der Waals surface area contributed by atoms with Crippen molar-refractivity contribution < 1.29 is 19.1 Å². The number of amides is 1. The predicted molar refractivity (Wildman–Crippen MR) is 114 cm³/mol. The van der Waals surface area contributed by atoms with Crippen LogP contribution in [0, 0.1) is 0 Å². The van der Waals surface area contributed by atoms with Crippen molar-refractivity contribution in [2.24, 2.45) is 0 Å². The lowest BCUT2D eigenvalue weighted by atomic mass is 10.0. The summed E-state index contributed by atoms with van der Waals surface area (Å²) in [5.74, 6) is 0. The van der Waals surface area contributed by atoms with E-state index in [9.17, 15) is 14.4 Å². The topological polar surface area (TPSA) is 82.8 Å². The van der Waals surface area contributed by atoms with E-state index in [-0.39, 0.29) is 12.1 Å². The van der Waals surface area contributed by atoms with Gasteiger partial charge in [-0.15, -0.1) is 0 Å². The van der Waals surface area contributed by atoms with E-state index in [4.69, 9.17) is 9.47 Å². The number of carbonyl (C=O) groups excluding carboxylic acids is 2. The van der Waals surface area contributed by atoms with Crippen molar-refractivity contribution in [3.63, 3.8) is 0 Å². The molecule has 164 valence electrons. The molecular formula is C22H31N3O5. The van der Waals surface area contributed by atoms with Gasteiger partial charge in [-0.1, -0.05) is 12.1 Å². The minimum absolute atomic E-state index is 0.121. The largest absolute Gasteiger partial charge is 0.444 e. The molecule has 1 fully saturated rings. The smallest absolute Gasteiger partial charge is 0.423 e.